The van der Waals surface area contributed by atoms with Crippen LogP contribution in [0.2, 0.25) is 0 Å². The van der Waals surface area contributed by atoms with Gasteiger partial charge in [-0.2, -0.15) is 0 Å². The zero-order chi connectivity index (χ0) is 15.9. The average Bonchev–Trinajstić information content (AvgIpc) is 2.67. The Morgan fingerprint density at radius 1 is 0.792 bits per heavy atom. The van der Waals surface area contributed by atoms with Crippen LogP contribution in [-0.2, 0) is 6.42 Å². The fourth-order valence-electron chi connectivity index (χ4n) is 3.84. The van der Waals surface area contributed by atoms with Gasteiger partial charge >= 0.3 is 0 Å². The molecule has 0 N–H and O–H groups in total. The highest BCUT2D eigenvalue weighted by Crippen LogP contribution is 2.34. The van der Waals surface area contributed by atoms with Crippen molar-refractivity contribution in [3.63, 3.8) is 0 Å². The Hall–Kier alpha value is -2.86. The maximum atomic E-state index is 3.32. The van der Waals surface area contributed by atoms with E-state index in [9.17, 15) is 0 Å². The molecule has 0 aromatic heterocycles. The van der Waals surface area contributed by atoms with E-state index in [2.05, 4.69) is 72.8 Å². The number of fused-ring (bicyclic) bond motifs is 5. The number of hydrogen-bond donors (Lipinski definition) is 0. The van der Waals surface area contributed by atoms with Gasteiger partial charge in [-0.15, -0.1) is 0 Å². The van der Waals surface area contributed by atoms with Crippen molar-refractivity contribution >= 4 is 27.6 Å². The second kappa shape index (κ2) is 5.35. The van der Waals surface area contributed by atoms with E-state index in [1.165, 1.54) is 38.2 Å². The summed E-state index contributed by atoms with van der Waals surface area (Å²) < 4.78 is 0. The molecule has 0 heterocycles. The summed E-state index contributed by atoms with van der Waals surface area (Å²) in [7, 11) is 0. The van der Waals surface area contributed by atoms with Crippen molar-refractivity contribution in [3.05, 3.63) is 90.0 Å². The van der Waals surface area contributed by atoms with Crippen LogP contribution in [0.5, 0.6) is 0 Å². The summed E-state index contributed by atoms with van der Waals surface area (Å²) in [4.78, 5) is 0. The number of benzene rings is 4. The molecule has 0 heteroatoms. The molecule has 1 aliphatic rings. The first-order chi connectivity index (χ1) is 11.9. The third-order valence-corrected chi connectivity index (χ3v) is 5.04. The summed E-state index contributed by atoms with van der Waals surface area (Å²) in [6.07, 6.45) is 6.83. The molecule has 5 rings (SSSR count). The minimum atomic E-state index is 1.14. The lowest BCUT2D eigenvalue weighted by atomic mass is 9.89. The lowest BCUT2D eigenvalue weighted by Gasteiger charge is -2.15. The van der Waals surface area contributed by atoms with E-state index in [0.717, 1.165) is 18.4 Å². The van der Waals surface area contributed by atoms with Gasteiger partial charge in [0.25, 0.3) is 0 Å². The van der Waals surface area contributed by atoms with Crippen LogP contribution in [0.15, 0.2) is 72.8 Å². The Morgan fingerprint density at radius 2 is 1.71 bits per heavy atom. The van der Waals surface area contributed by atoms with E-state index in [1.807, 2.05) is 12.1 Å². The number of rotatable bonds is 1. The van der Waals surface area contributed by atoms with E-state index in [4.69, 9.17) is 0 Å². The van der Waals surface area contributed by atoms with Gasteiger partial charge in [0.05, 0.1) is 0 Å². The Kier molecular flexibility index (Phi) is 3.02. The Bertz CT molecular complexity index is 1090. The molecule has 0 saturated heterocycles. The van der Waals surface area contributed by atoms with Gasteiger partial charge in [0.2, 0.25) is 0 Å². The van der Waals surface area contributed by atoms with Gasteiger partial charge in [-0.05, 0) is 68.8 Å². The summed E-state index contributed by atoms with van der Waals surface area (Å²) in [5.74, 6) is 0. The van der Waals surface area contributed by atoms with E-state index in [0.29, 0.717) is 0 Å². The third kappa shape index (κ3) is 2.07. The molecule has 0 bridgehead atoms. The lowest BCUT2D eigenvalue weighted by molar-refractivity contribution is 0.997. The predicted octanol–water partition coefficient (Wildman–Crippen LogP) is 6.42. The van der Waals surface area contributed by atoms with Crippen molar-refractivity contribution in [2.45, 2.75) is 12.8 Å². The fourth-order valence-corrected chi connectivity index (χ4v) is 3.84. The van der Waals surface area contributed by atoms with E-state index in [1.54, 1.807) is 0 Å². The van der Waals surface area contributed by atoms with Crippen molar-refractivity contribution in [2.24, 2.45) is 0 Å². The summed E-state index contributed by atoms with van der Waals surface area (Å²) >= 11 is 0. The quantitative estimate of drug-likeness (QED) is 0.356. The van der Waals surface area contributed by atoms with Gasteiger partial charge in [0.15, 0.2) is 0 Å². The van der Waals surface area contributed by atoms with Gasteiger partial charge < -0.3 is 0 Å². The average molecular weight is 305 g/mol. The topological polar surface area (TPSA) is 0 Å². The maximum Gasteiger partial charge on any atom is -0.00992 e. The molecule has 24 heavy (non-hydrogen) atoms. The molecular weight excluding hydrogens is 288 g/mol. The molecule has 1 radical (unpaired) electrons. The van der Waals surface area contributed by atoms with Crippen molar-refractivity contribution in [1.29, 1.82) is 0 Å². The van der Waals surface area contributed by atoms with Gasteiger partial charge in [-0.25, -0.2) is 0 Å². The van der Waals surface area contributed by atoms with Gasteiger partial charge in [0, 0.05) is 0 Å². The SMILES string of the molecule is [c]1ccccc1-c1ccc2c(ccc3c4c(ccc32)C=CCC4)c1. The van der Waals surface area contributed by atoms with Crippen molar-refractivity contribution in [3.8, 4) is 11.1 Å². The van der Waals surface area contributed by atoms with Crippen LogP contribution in [-0.4, -0.2) is 0 Å². The largest absolute Gasteiger partial charge is 0.0836 e. The van der Waals surface area contributed by atoms with Gasteiger partial charge in [0.1, 0.15) is 0 Å². The van der Waals surface area contributed by atoms with Crippen LogP contribution in [0.3, 0.4) is 0 Å². The third-order valence-electron chi connectivity index (χ3n) is 5.04. The molecule has 0 amide bonds. The Labute approximate surface area is 142 Å². The van der Waals surface area contributed by atoms with Gasteiger partial charge in [-0.3, -0.25) is 0 Å². The van der Waals surface area contributed by atoms with Crippen molar-refractivity contribution in [2.75, 3.05) is 0 Å². The molecule has 0 saturated carbocycles. The molecule has 0 spiro atoms. The second-order valence-electron chi connectivity index (χ2n) is 6.45. The van der Waals surface area contributed by atoms with Crippen LogP contribution in [0, 0.1) is 6.07 Å². The zero-order valence-corrected chi connectivity index (χ0v) is 13.4. The number of hydrogen-bond acceptors (Lipinski definition) is 0. The molecule has 0 aliphatic heterocycles. The van der Waals surface area contributed by atoms with Crippen LogP contribution in [0.25, 0.3) is 38.7 Å². The monoisotopic (exact) mass is 305 g/mol. The predicted molar refractivity (Wildman–Crippen MR) is 103 cm³/mol. The normalized spacial score (nSPS) is 13.3. The number of aryl methyl sites for hydroxylation is 1. The van der Waals surface area contributed by atoms with E-state index in [-0.39, 0.29) is 0 Å². The molecular formula is C24H17. The highest BCUT2D eigenvalue weighted by atomic mass is 14.1. The smallest absolute Gasteiger partial charge is 0.00992 e. The second-order valence-corrected chi connectivity index (χ2v) is 6.45. The molecule has 0 unspecified atom stereocenters. The Balaban J connectivity index is 1.76. The highest BCUT2D eigenvalue weighted by molar-refractivity contribution is 6.10. The maximum absolute atomic E-state index is 3.32. The molecule has 1 aliphatic carbocycles. The first kappa shape index (κ1) is 13.6. The minimum absolute atomic E-state index is 1.14. The molecule has 4 aromatic carbocycles. The van der Waals surface area contributed by atoms with E-state index >= 15 is 0 Å². The molecule has 113 valence electrons. The van der Waals surface area contributed by atoms with Crippen LogP contribution in [0.1, 0.15) is 17.5 Å². The zero-order valence-electron chi connectivity index (χ0n) is 13.4. The van der Waals surface area contributed by atoms with Crippen LogP contribution in [0.4, 0.5) is 0 Å². The lowest BCUT2D eigenvalue weighted by Crippen LogP contribution is -1.95. The van der Waals surface area contributed by atoms with Crippen molar-refractivity contribution in [1.82, 2.24) is 0 Å². The summed E-state index contributed by atoms with van der Waals surface area (Å²) in [6, 6.07) is 27.4. The first-order valence-corrected chi connectivity index (χ1v) is 8.52. The van der Waals surface area contributed by atoms with Crippen LogP contribution >= 0.6 is 0 Å². The minimum Gasteiger partial charge on any atom is -0.0836 e. The van der Waals surface area contributed by atoms with E-state index < -0.39 is 0 Å². The first-order valence-electron chi connectivity index (χ1n) is 8.52. The van der Waals surface area contributed by atoms with Crippen LogP contribution < -0.4 is 0 Å². The van der Waals surface area contributed by atoms with Crippen molar-refractivity contribution < 1.29 is 0 Å². The molecule has 0 fully saturated rings. The summed E-state index contributed by atoms with van der Waals surface area (Å²) in [5, 5.41) is 5.40. The Morgan fingerprint density at radius 3 is 2.62 bits per heavy atom. The molecule has 0 nitrogen and oxygen atoms in total. The van der Waals surface area contributed by atoms with Gasteiger partial charge in [-0.1, -0.05) is 72.8 Å². The summed E-state index contributed by atoms with van der Waals surface area (Å²) in [6.45, 7) is 0. The summed E-state index contributed by atoms with van der Waals surface area (Å²) in [5.41, 5.74) is 5.25. The molecule has 4 aromatic rings. The number of allylic oxidation sites excluding steroid dienone is 1. The fraction of sp³-hybridized carbons (Fsp3) is 0.0833. The molecule has 0 atom stereocenters. The standard InChI is InChI=1S/C24H17/c1-2-6-17(7-3-1)19-11-13-22-20(16-19)12-15-23-21-9-5-4-8-18(21)10-14-24(22)23/h1-4,6,8,10-16H,5,9H2. The highest BCUT2D eigenvalue weighted by Gasteiger charge is 2.11.